The minimum Gasteiger partial charge on any atom is -0.545 e. The molecule has 2 rings (SSSR count). The van der Waals surface area contributed by atoms with Gasteiger partial charge in [-0.15, -0.1) is 11.3 Å². The first-order valence-electron chi connectivity index (χ1n) is 5.10. The van der Waals surface area contributed by atoms with Crippen LogP contribution >= 0.6 is 11.3 Å². The molecule has 0 saturated carbocycles. The van der Waals surface area contributed by atoms with Crippen molar-refractivity contribution in [2.24, 2.45) is 0 Å². The Bertz CT molecular complexity index is 497. The van der Waals surface area contributed by atoms with Crippen LogP contribution in [0.25, 0.3) is 10.4 Å². The average molecular weight is 231 g/mol. The number of rotatable bonds is 3. The quantitative estimate of drug-likeness (QED) is 0.813. The molecule has 16 heavy (non-hydrogen) atoms. The van der Waals surface area contributed by atoms with Crippen LogP contribution in [0.2, 0.25) is 0 Å². The van der Waals surface area contributed by atoms with Crippen LogP contribution in [0, 0.1) is 0 Å². The van der Waals surface area contributed by atoms with E-state index >= 15 is 0 Å². The van der Waals surface area contributed by atoms with Gasteiger partial charge in [-0.05, 0) is 29.0 Å². The molecule has 0 aliphatic heterocycles. The highest BCUT2D eigenvalue weighted by molar-refractivity contribution is 7.14. The summed E-state index contributed by atoms with van der Waals surface area (Å²) in [5.41, 5.74) is 2.45. The molecule has 0 N–H and O–H groups in total. The summed E-state index contributed by atoms with van der Waals surface area (Å²) < 4.78 is 0. The van der Waals surface area contributed by atoms with E-state index in [0.717, 1.165) is 16.9 Å². The number of aryl methyl sites for hydroxylation is 1. The Labute approximate surface area is 98.2 Å². The second-order valence-corrected chi connectivity index (χ2v) is 4.42. The van der Waals surface area contributed by atoms with Crippen LogP contribution in [0.1, 0.15) is 22.8 Å². The SMILES string of the molecule is CCc1ccc(-c2sccc2C(=O)[O-])cc1. The number of carbonyl (C=O) groups is 1. The summed E-state index contributed by atoms with van der Waals surface area (Å²) in [4.78, 5) is 11.6. The van der Waals surface area contributed by atoms with E-state index in [4.69, 9.17) is 0 Å². The molecule has 0 radical (unpaired) electrons. The number of hydrogen-bond donors (Lipinski definition) is 0. The second kappa shape index (κ2) is 4.49. The molecule has 0 spiro atoms. The number of aromatic carboxylic acids is 1. The molecule has 3 heteroatoms. The summed E-state index contributed by atoms with van der Waals surface area (Å²) in [7, 11) is 0. The van der Waals surface area contributed by atoms with Gasteiger partial charge in [-0.3, -0.25) is 0 Å². The Morgan fingerprint density at radius 1 is 1.25 bits per heavy atom. The number of hydrogen-bond acceptors (Lipinski definition) is 3. The molecule has 0 amide bonds. The van der Waals surface area contributed by atoms with E-state index in [2.05, 4.69) is 6.92 Å². The van der Waals surface area contributed by atoms with E-state index in [1.165, 1.54) is 16.9 Å². The molecule has 1 heterocycles. The molecule has 0 aliphatic rings. The van der Waals surface area contributed by atoms with Crippen molar-refractivity contribution in [3.8, 4) is 10.4 Å². The van der Waals surface area contributed by atoms with Gasteiger partial charge >= 0.3 is 0 Å². The smallest absolute Gasteiger partial charge is 0.0730 e. The fourth-order valence-corrected chi connectivity index (χ4v) is 2.48. The van der Waals surface area contributed by atoms with Crippen molar-refractivity contribution >= 4 is 17.3 Å². The number of carboxylic acid groups (broad SMARTS) is 1. The predicted octanol–water partition coefficient (Wildman–Crippen LogP) is 2.34. The molecule has 2 aromatic rings. The highest BCUT2D eigenvalue weighted by Gasteiger charge is 2.07. The van der Waals surface area contributed by atoms with Gasteiger partial charge in [0.2, 0.25) is 0 Å². The predicted molar refractivity (Wildman–Crippen MR) is 63.5 cm³/mol. The van der Waals surface area contributed by atoms with Crippen molar-refractivity contribution in [3.05, 3.63) is 46.8 Å². The van der Waals surface area contributed by atoms with Gasteiger partial charge in [-0.1, -0.05) is 31.2 Å². The van der Waals surface area contributed by atoms with E-state index < -0.39 is 5.97 Å². The van der Waals surface area contributed by atoms with Gasteiger partial charge in [-0.2, -0.15) is 0 Å². The van der Waals surface area contributed by atoms with Crippen molar-refractivity contribution in [3.63, 3.8) is 0 Å². The third-order valence-electron chi connectivity index (χ3n) is 2.51. The second-order valence-electron chi connectivity index (χ2n) is 3.50. The van der Waals surface area contributed by atoms with Crippen LogP contribution in [-0.4, -0.2) is 5.97 Å². The van der Waals surface area contributed by atoms with Crippen molar-refractivity contribution < 1.29 is 9.90 Å². The normalized spacial score (nSPS) is 10.3. The summed E-state index contributed by atoms with van der Waals surface area (Å²) in [6.07, 6.45) is 0.984. The molecule has 0 aliphatic carbocycles. The summed E-state index contributed by atoms with van der Waals surface area (Å²) in [6, 6.07) is 9.54. The zero-order chi connectivity index (χ0) is 11.5. The Morgan fingerprint density at radius 3 is 2.50 bits per heavy atom. The van der Waals surface area contributed by atoms with Gasteiger partial charge in [0.1, 0.15) is 0 Å². The van der Waals surface area contributed by atoms with Crippen LogP contribution in [0.3, 0.4) is 0 Å². The van der Waals surface area contributed by atoms with Crippen molar-refractivity contribution in [1.29, 1.82) is 0 Å². The van der Waals surface area contributed by atoms with Crippen LogP contribution in [-0.2, 0) is 6.42 Å². The molecular formula is C13H11O2S-. The van der Waals surface area contributed by atoms with E-state index in [1.807, 2.05) is 24.3 Å². The monoisotopic (exact) mass is 231 g/mol. The van der Waals surface area contributed by atoms with E-state index in [9.17, 15) is 9.90 Å². The van der Waals surface area contributed by atoms with Crippen LogP contribution in [0.15, 0.2) is 35.7 Å². The topological polar surface area (TPSA) is 40.1 Å². The highest BCUT2D eigenvalue weighted by Crippen LogP contribution is 2.29. The maximum atomic E-state index is 10.9. The maximum absolute atomic E-state index is 10.9. The fraction of sp³-hybridized carbons (Fsp3) is 0.154. The number of benzene rings is 1. The Kier molecular flexibility index (Phi) is 3.06. The van der Waals surface area contributed by atoms with Crippen LogP contribution in [0.4, 0.5) is 0 Å². The van der Waals surface area contributed by atoms with Crippen LogP contribution in [0.5, 0.6) is 0 Å². The van der Waals surface area contributed by atoms with E-state index in [-0.39, 0.29) is 5.56 Å². The Morgan fingerprint density at radius 2 is 1.94 bits per heavy atom. The molecule has 82 valence electrons. The summed E-state index contributed by atoms with van der Waals surface area (Å²) in [5, 5.41) is 12.6. The molecule has 1 aromatic heterocycles. The lowest BCUT2D eigenvalue weighted by Gasteiger charge is -2.05. The summed E-state index contributed by atoms with van der Waals surface area (Å²) in [5.74, 6) is -1.11. The lowest BCUT2D eigenvalue weighted by atomic mass is 10.1. The number of carboxylic acids is 1. The Hall–Kier alpha value is -1.61. The maximum Gasteiger partial charge on any atom is 0.0730 e. The number of thiophene rings is 1. The third-order valence-corrected chi connectivity index (χ3v) is 3.47. The molecule has 0 fully saturated rings. The van der Waals surface area contributed by atoms with Gasteiger partial charge in [0.15, 0.2) is 0 Å². The number of carbonyl (C=O) groups excluding carboxylic acids is 1. The van der Waals surface area contributed by atoms with Gasteiger partial charge in [0, 0.05) is 10.4 Å². The van der Waals surface area contributed by atoms with Gasteiger partial charge in [-0.25, -0.2) is 0 Å². The van der Waals surface area contributed by atoms with E-state index in [0.29, 0.717) is 0 Å². The highest BCUT2D eigenvalue weighted by atomic mass is 32.1. The average Bonchev–Trinajstić information content (AvgIpc) is 2.78. The standard InChI is InChI=1S/C13H12O2S/c1-2-9-3-5-10(6-4-9)12-11(13(14)15)7-8-16-12/h3-8H,2H2,1H3,(H,14,15)/p-1. The minimum atomic E-state index is -1.11. The molecule has 0 unspecified atom stereocenters. The first kappa shape index (κ1) is 10.9. The summed E-state index contributed by atoms with van der Waals surface area (Å²) >= 11 is 1.42. The van der Waals surface area contributed by atoms with Crippen molar-refractivity contribution in [2.75, 3.05) is 0 Å². The summed E-state index contributed by atoms with van der Waals surface area (Å²) in [6.45, 7) is 2.09. The van der Waals surface area contributed by atoms with Gasteiger partial charge in [0.25, 0.3) is 0 Å². The first-order valence-corrected chi connectivity index (χ1v) is 5.98. The largest absolute Gasteiger partial charge is 0.545 e. The fourth-order valence-electron chi connectivity index (χ4n) is 1.59. The molecule has 0 saturated heterocycles. The van der Waals surface area contributed by atoms with E-state index in [1.54, 1.807) is 11.4 Å². The first-order chi connectivity index (χ1) is 7.72. The van der Waals surface area contributed by atoms with Crippen LogP contribution < -0.4 is 5.11 Å². The molecule has 1 aromatic carbocycles. The molecule has 0 atom stereocenters. The van der Waals surface area contributed by atoms with Crippen molar-refractivity contribution in [1.82, 2.24) is 0 Å². The third kappa shape index (κ3) is 1.99. The molecule has 2 nitrogen and oxygen atoms in total. The lowest BCUT2D eigenvalue weighted by Crippen LogP contribution is -2.22. The molecule has 0 bridgehead atoms. The minimum absolute atomic E-state index is 0.272. The van der Waals surface area contributed by atoms with Gasteiger partial charge in [0.05, 0.1) is 5.97 Å². The molecular weight excluding hydrogens is 220 g/mol. The zero-order valence-electron chi connectivity index (χ0n) is 8.90. The lowest BCUT2D eigenvalue weighted by molar-refractivity contribution is -0.254. The Balaban J connectivity index is 2.42. The zero-order valence-corrected chi connectivity index (χ0v) is 9.71. The van der Waals surface area contributed by atoms with Gasteiger partial charge < -0.3 is 9.90 Å². The van der Waals surface area contributed by atoms with Crippen molar-refractivity contribution in [2.45, 2.75) is 13.3 Å².